The number of allylic oxidation sites excluding steroid dienone is 2. The summed E-state index contributed by atoms with van der Waals surface area (Å²) < 4.78 is 0. The summed E-state index contributed by atoms with van der Waals surface area (Å²) in [7, 11) is 0. The molecule has 96 valence electrons. The Bertz CT molecular complexity index is 423. The Kier molecular flexibility index (Phi) is 5.85. The minimum atomic E-state index is -0.358. The van der Waals surface area contributed by atoms with Gasteiger partial charge >= 0.3 is 0 Å². The molecular weight excluding hydrogens is 224 g/mol. The molecule has 1 atom stereocenters. The highest BCUT2D eigenvalue weighted by Gasteiger charge is 2.13. The maximum atomic E-state index is 11.3. The molecule has 18 heavy (non-hydrogen) atoms. The monoisotopic (exact) mass is 244 g/mol. The van der Waals surface area contributed by atoms with Crippen LogP contribution in [-0.4, -0.2) is 10.9 Å². The van der Waals surface area contributed by atoms with E-state index in [1.54, 1.807) is 18.3 Å². The Balaban J connectivity index is 2.45. The number of hydrogen-bond acceptors (Lipinski definition) is 2. The summed E-state index contributed by atoms with van der Waals surface area (Å²) in [5.74, 6) is -0.194. The Morgan fingerprint density at radius 1 is 1.61 bits per heavy atom. The van der Waals surface area contributed by atoms with Crippen molar-refractivity contribution in [3.63, 3.8) is 0 Å². The van der Waals surface area contributed by atoms with Crippen LogP contribution >= 0.6 is 0 Å². The lowest BCUT2D eigenvalue weighted by molar-refractivity contribution is -0.115. The summed E-state index contributed by atoms with van der Waals surface area (Å²) in [6, 6.07) is 4.00. The van der Waals surface area contributed by atoms with E-state index in [1.807, 2.05) is 19.2 Å². The van der Waals surface area contributed by atoms with E-state index in [4.69, 9.17) is 5.73 Å². The molecule has 1 aromatic rings. The van der Waals surface area contributed by atoms with Gasteiger partial charge in [-0.25, -0.2) is 0 Å². The maximum absolute atomic E-state index is 11.3. The van der Waals surface area contributed by atoms with Gasteiger partial charge in [-0.2, -0.15) is 0 Å². The lowest BCUT2D eigenvalue weighted by Gasteiger charge is -2.12. The van der Waals surface area contributed by atoms with Crippen LogP contribution in [0.4, 0.5) is 0 Å². The van der Waals surface area contributed by atoms with E-state index in [1.165, 1.54) is 5.56 Å². The van der Waals surface area contributed by atoms with Crippen molar-refractivity contribution in [2.24, 2.45) is 11.7 Å². The molecule has 2 N–H and O–H groups in total. The minimum absolute atomic E-state index is 0.164. The number of carbonyl (C=O) groups is 1. The fourth-order valence-electron chi connectivity index (χ4n) is 1.93. The average Bonchev–Trinajstić information content (AvgIpc) is 2.36. The third kappa shape index (κ3) is 4.53. The zero-order valence-electron chi connectivity index (χ0n) is 10.8. The van der Waals surface area contributed by atoms with Crippen LogP contribution in [0.25, 0.3) is 0 Å². The first-order valence-electron chi connectivity index (χ1n) is 6.16. The minimum Gasteiger partial charge on any atom is -0.366 e. The van der Waals surface area contributed by atoms with Gasteiger partial charge < -0.3 is 5.73 Å². The van der Waals surface area contributed by atoms with Gasteiger partial charge in [0.05, 0.1) is 0 Å². The molecule has 0 aromatic carbocycles. The van der Waals surface area contributed by atoms with Gasteiger partial charge in [-0.1, -0.05) is 31.7 Å². The first kappa shape index (κ1) is 14.2. The van der Waals surface area contributed by atoms with Crippen molar-refractivity contribution in [3.05, 3.63) is 54.4 Å². The van der Waals surface area contributed by atoms with E-state index in [0.29, 0.717) is 5.57 Å². The lowest BCUT2D eigenvalue weighted by Crippen LogP contribution is -2.19. The zero-order chi connectivity index (χ0) is 13.4. The highest BCUT2D eigenvalue weighted by molar-refractivity contribution is 5.92. The van der Waals surface area contributed by atoms with Crippen LogP contribution in [0.2, 0.25) is 0 Å². The summed E-state index contributed by atoms with van der Waals surface area (Å²) in [5.41, 5.74) is 7.21. The van der Waals surface area contributed by atoms with Crippen LogP contribution in [-0.2, 0) is 11.2 Å². The van der Waals surface area contributed by atoms with E-state index in [2.05, 4.69) is 17.6 Å². The van der Waals surface area contributed by atoms with Crippen LogP contribution in [0, 0.1) is 5.92 Å². The second-order valence-corrected chi connectivity index (χ2v) is 4.38. The molecule has 0 spiro atoms. The third-order valence-corrected chi connectivity index (χ3v) is 2.94. The van der Waals surface area contributed by atoms with Gasteiger partial charge in [0.2, 0.25) is 5.91 Å². The molecule has 0 bridgehead atoms. The number of nitrogens with two attached hydrogens (primary N) is 1. The SMILES string of the molecule is C=CC=C(C(N)=O)C(C)CCCc1cccnc1. The summed E-state index contributed by atoms with van der Waals surface area (Å²) in [5, 5.41) is 0. The number of rotatable bonds is 7. The average molecular weight is 244 g/mol. The van der Waals surface area contributed by atoms with Gasteiger partial charge in [0.1, 0.15) is 0 Å². The van der Waals surface area contributed by atoms with Crippen molar-refractivity contribution in [3.8, 4) is 0 Å². The molecule has 0 fully saturated rings. The number of pyridine rings is 1. The molecule has 1 aromatic heterocycles. The smallest absolute Gasteiger partial charge is 0.244 e. The number of carbonyl (C=O) groups excluding carboxylic acids is 1. The fourth-order valence-corrected chi connectivity index (χ4v) is 1.93. The molecule has 3 nitrogen and oxygen atoms in total. The highest BCUT2D eigenvalue weighted by Crippen LogP contribution is 2.18. The summed E-state index contributed by atoms with van der Waals surface area (Å²) in [6.07, 6.45) is 9.86. The van der Waals surface area contributed by atoms with E-state index in [9.17, 15) is 4.79 Å². The predicted octanol–water partition coefficient (Wildman–Crippen LogP) is 2.64. The molecule has 0 radical (unpaired) electrons. The van der Waals surface area contributed by atoms with Gasteiger partial charge in [-0.15, -0.1) is 0 Å². The van der Waals surface area contributed by atoms with Crippen molar-refractivity contribution < 1.29 is 4.79 Å². The largest absolute Gasteiger partial charge is 0.366 e. The van der Waals surface area contributed by atoms with Crippen molar-refractivity contribution in [2.75, 3.05) is 0 Å². The van der Waals surface area contributed by atoms with Crippen LogP contribution in [0.3, 0.4) is 0 Å². The van der Waals surface area contributed by atoms with Crippen molar-refractivity contribution >= 4 is 5.91 Å². The third-order valence-electron chi connectivity index (χ3n) is 2.94. The first-order chi connectivity index (χ1) is 8.65. The van der Waals surface area contributed by atoms with E-state index in [0.717, 1.165) is 19.3 Å². The van der Waals surface area contributed by atoms with E-state index < -0.39 is 0 Å². The normalized spacial score (nSPS) is 13.1. The van der Waals surface area contributed by atoms with Crippen LogP contribution in [0.5, 0.6) is 0 Å². The number of amides is 1. The molecule has 1 unspecified atom stereocenters. The van der Waals surface area contributed by atoms with Crippen molar-refractivity contribution in [1.29, 1.82) is 0 Å². The van der Waals surface area contributed by atoms with E-state index in [-0.39, 0.29) is 11.8 Å². The molecule has 3 heteroatoms. The molecule has 0 aliphatic carbocycles. The Morgan fingerprint density at radius 3 is 2.94 bits per heavy atom. The summed E-state index contributed by atoms with van der Waals surface area (Å²) >= 11 is 0. The molecule has 0 saturated heterocycles. The molecule has 1 amide bonds. The van der Waals surface area contributed by atoms with Gasteiger partial charge in [-0.3, -0.25) is 9.78 Å². The molecule has 1 heterocycles. The quantitative estimate of drug-likeness (QED) is 0.592. The van der Waals surface area contributed by atoms with Crippen molar-refractivity contribution in [2.45, 2.75) is 26.2 Å². The van der Waals surface area contributed by atoms with Crippen LogP contribution < -0.4 is 5.73 Å². The molecule has 0 aliphatic rings. The Labute approximate surface area is 108 Å². The zero-order valence-corrected chi connectivity index (χ0v) is 10.8. The first-order valence-corrected chi connectivity index (χ1v) is 6.16. The molecule has 0 saturated carbocycles. The highest BCUT2D eigenvalue weighted by atomic mass is 16.1. The fraction of sp³-hybridized carbons (Fsp3) is 0.333. The topological polar surface area (TPSA) is 56.0 Å². The molecule has 1 rings (SSSR count). The number of nitrogens with zero attached hydrogens (tertiary/aromatic N) is 1. The Hall–Kier alpha value is -1.90. The maximum Gasteiger partial charge on any atom is 0.244 e. The number of hydrogen-bond donors (Lipinski definition) is 1. The number of aryl methyl sites for hydroxylation is 1. The lowest BCUT2D eigenvalue weighted by atomic mass is 9.93. The van der Waals surface area contributed by atoms with Crippen LogP contribution in [0.1, 0.15) is 25.3 Å². The van der Waals surface area contributed by atoms with Gasteiger partial charge in [0.15, 0.2) is 0 Å². The summed E-state index contributed by atoms with van der Waals surface area (Å²) in [4.78, 5) is 15.3. The predicted molar refractivity (Wildman–Crippen MR) is 73.8 cm³/mol. The number of primary amides is 1. The summed E-state index contributed by atoms with van der Waals surface area (Å²) in [6.45, 7) is 5.62. The van der Waals surface area contributed by atoms with Gasteiger partial charge in [-0.05, 0) is 36.8 Å². The van der Waals surface area contributed by atoms with Gasteiger partial charge in [0, 0.05) is 18.0 Å². The second kappa shape index (κ2) is 7.43. The van der Waals surface area contributed by atoms with Crippen molar-refractivity contribution in [1.82, 2.24) is 4.98 Å². The van der Waals surface area contributed by atoms with Crippen LogP contribution in [0.15, 0.2) is 48.8 Å². The second-order valence-electron chi connectivity index (χ2n) is 4.38. The number of aromatic nitrogens is 1. The Morgan fingerprint density at radius 2 is 2.39 bits per heavy atom. The molecule has 0 aliphatic heterocycles. The van der Waals surface area contributed by atoms with E-state index >= 15 is 0 Å². The standard InChI is InChI=1S/C15H20N2O/c1-3-6-14(15(16)18)12(2)7-4-8-13-9-5-10-17-11-13/h3,5-6,9-12H,1,4,7-8H2,2H3,(H2,16,18). The molecular formula is C15H20N2O. The van der Waals surface area contributed by atoms with Gasteiger partial charge in [0.25, 0.3) is 0 Å².